The van der Waals surface area contributed by atoms with Gasteiger partial charge in [0, 0.05) is 11.1 Å². The van der Waals surface area contributed by atoms with Crippen LogP contribution in [-0.2, 0) is 11.0 Å². The van der Waals surface area contributed by atoms with Gasteiger partial charge >= 0.3 is 0 Å². The van der Waals surface area contributed by atoms with Crippen molar-refractivity contribution in [3.05, 3.63) is 71.1 Å². The molecule has 92 valence electrons. The van der Waals surface area contributed by atoms with E-state index in [0.717, 1.165) is 11.3 Å². The molecule has 2 aromatic carbocycles. The second-order valence-electron chi connectivity index (χ2n) is 3.98. The monoisotopic (exact) mass is 257 g/mol. The first-order valence-electron chi connectivity index (χ1n) is 5.71. The summed E-state index contributed by atoms with van der Waals surface area (Å²) in [5.41, 5.74) is 3.11. The average molecular weight is 257 g/mol. The molecule has 1 N–H and O–H groups in total. The van der Waals surface area contributed by atoms with Crippen molar-refractivity contribution < 1.29 is 4.21 Å². The Morgan fingerprint density at radius 2 is 1.67 bits per heavy atom. The molecule has 0 saturated heterocycles. The lowest BCUT2D eigenvalue weighted by atomic mass is 10.2. The molecule has 1 atom stereocenters. The summed E-state index contributed by atoms with van der Waals surface area (Å²) in [6, 6.07) is 17.6. The third-order valence-corrected chi connectivity index (χ3v) is 3.27. The van der Waals surface area contributed by atoms with Crippen LogP contribution in [0.25, 0.3) is 6.08 Å². The van der Waals surface area contributed by atoms with Crippen molar-refractivity contribution in [2.24, 2.45) is 0 Å². The Morgan fingerprint density at radius 1 is 1.00 bits per heavy atom. The van der Waals surface area contributed by atoms with E-state index < -0.39 is 11.0 Å². The molecule has 0 aliphatic rings. The van der Waals surface area contributed by atoms with Crippen LogP contribution >= 0.6 is 0 Å². The molecule has 0 heterocycles. The van der Waals surface area contributed by atoms with E-state index in [2.05, 4.69) is 4.72 Å². The number of anilines is 1. The van der Waals surface area contributed by atoms with Gasteiger partial charge in [0.25, 0.3) is 0 Å². The molecule has 2 aromatic rings. The molecule has 0 saturated carbocycles. The second-order valence-corrected chi connectivity index (χ2v) is 5.05. The van der Waals surface area contributed by atoms with Crippen LogP contribution in [0.3, 0.4) is 0 Å². The van der Waals surface area contributed by atoms with Gasteiger partial charge in [-0.3, -0.25) is 0 Å². The topological polar surface area (TPSA) is 29.1 Å². The molecular formula is C15H15NOS. The smallest absolute Gasteiger partial charge is 0.142 e. The normalized spacial score (nSPS) is 12.5. The Morgan fingerprint density at radius 3 is 2.33 bits per heavy atom. The van der Waals surface area contributed by atoms with Crippen molar-refractivity contribution in [3.63, 3.8) is 0 Å². The Bertz CT molecular complexity index is 546. The van der Waals surface area contributed by atoms with Crippen LogP contribution in [0.4, 0.5) is 5.69 Å². The number of hydrogen-bond acceptors (Lipinski definition) is 1. The standard InChI is InChI=1S/C15H15NOS/c1-13-7-9-14(10-8-13)11-12-18(17)16-15-5-3-2-4-6-15/h2-12,16H,1H3/b12-11-. The van der Waals surface area contributed by atoms with Crippen molar-refractivity contribution >= 4 is 22.7 Å². The number of rotatable bonds is 4. The highest BCUT2D eigenvalue weighted by Crippen LogP contribution is 2.08. The van der Waals surface area contributed by atoms with E-state index >= 15 is 0 Å². The van der Waals surface area contributed by atoms with Gasteiger partial charge in [0.1, 0.15) is 11.0 Å². The Balaban J connectivity index is 1.97. The molecule has 1 unspecified atom stereocenters. The number of hydrogen-bond donors (Lipinski definition) is 1. The van der Waals surface area contributed by atoms with Gasteiger partial charge in [-0.15, -0.1) is 0 Å². The minimum atomic E-state index is -1.21. The fourth-order valence-electron chi connectivity index (χ4n) is 1.47. The fraction of sp³-hybridized carbons (Fsp3) is 0.0667. The number of nitrogens with one attached hydrogen (secondary N) is 1. The summed E-state index contributed by atoms with van der Waals surface area (Å²) in [6.07, 6.45) is 1.85. The van der Waals surface area contributed by atoms with Crippen molar-refractivity contribution in [2.45, 2.75) is 6.92 Å². The third kappa shape index (κ3) is 3.86. The second kappa shape index (κ2) is 6.17. The molecule has 2 nitrogen and oxygen atoms in total. The van der Waals surface area contributed by atoms with E-state index in [0.29, 0.717) is 0 Å². The maximum atomic E-state index is 11.8. The van der Waals surface area contributed by atoms with Crippen molar-refractivity contribution in [1.82, 2.24) is 0 Å². The molecular weight excluding hydrogens is 242 g/mol. The van der Waals surface area contributed by atoms with Gasteiger partial charge in [-0.1, -0.05) is 48.0 Å². The molecule has 2 rings (SSSR count). The highest BCUT2D eigenvalue weighted by atomic mass is 32.2. The number of aryl methyl sites for hydroxylation is 1. The summed E-state index contributed by atoms with van der Waals surface area (Å²) in [5.74, 6) is 0. The highest BCUT2D eigenvalue weighted by Gasteiger charge is 1.94. The zero-order valence-electron chi connectivity index (χ0n) is 10.2. The van der Waals surface area contributed by atoms with Crippen LogP contribution in [0.5, 0.6) is 0 Å². The highest BCUT2D eigenvalue weighted by molar-refractivity contribution is 7.89. The van der Waals surface area contributed by atoms with E-state index in [1.807, 2.05) is 67.6 Å². The maximum absolute atomic E-state index is 11.8. The lowest BCUT2D eigenvalue weighted by Crippen LogP contribution is -1.99. The van der Waals surface area contributed by atoms with Crippen LogP contribution in [0.15, 0.2) is 60.0 Å². The van der Waals surface area contributed by atoms with Gasteiger partial charge < -0.3 is 4.72 Å². The first kappa shape index (κ1) is 12.6. The molecule has 0 spiro atoms. The zero-order chi connectivity index (χ0) is 12.8. The average Bonchev–Trinajstić information content (AvgIpc) is 2.39. The predicted octanol–water partition coefficient (Wildman–Crippen LogP) is 3.74. The largest absolute Gasteiger partial charge is 0.302 e. The van der Waals surface area contributed by atoms with Gasteiger partial charge in [-0.25, -0.2) is 4.21 Å². The third-order valence-electron chi connectivity index (χ3n) is 2.45. The van der Waals surface area contributed by atoms with E-state index in [4.69, 9.17) is 0 Å². The van der Waals surface area contributed by atoms with Gasteiger partial charge in [0.2, 0.25) is 0 Å². The van der Waals surface area contributed by atoms with Crippen molar-refractivity contribution in [1.29, 1.82) is 0 Å². The van der Waals surface area contributed by atoms with E-state index in [1.54, 1.807) is 5.41 Å². The summed E-state index contributed by atoms with van der Waals surface area (Å²) in [7, 11) is -1.21. The Labute approximate surface area is 110 Å². The van der Waals surface area contributed by atoms with Crippen molar-refractivity contribution in [2.75, 3.05) is 4.72 Å². The Hall–Kier alpha value is -1.87. The quantitative estimate of drug-likeness (QED) is 0.888. The maximum Gasteiger partial charge on any atom is 0.142 e. The van der Waals surface area contributed by atoms with Crippen LogP contribution in [0, 0.1) is 6.92 Å². The molecule has 0 fully saturated rings. The van der Waals surface area contributed by atoms with E-state index in [1.165, 1.54) is 5.56 Å². The van der Waals surface area contributed by atoms with Gasteiger partial charge in [0.15, 0.2) is 0 Å². The number of benzene rings is 2. The molecule has 0 bridgehead atoms. The van der Waals surface area contributed by atoms with Gasteiger partial charge in [-0.05, 0) is 30.7 Å². The summed E-state index contributed by atoms with van der Waals surface area (Å²) in [4.78, 5) is 0. The lowest BCUT2D eigenvalue weighted by Gasteiger charge is -2.01. The van der Waals surface area contributed by atoms with Crippen LogP contribution < -0.4 is 4.72 Å². The van der Waals surface area contributed by atoms with Crippen molar-refractivity contribution in [3.8, 4) is 0 Å². The molecule has 0 radical (unpaired) electrons. The molecule has 0 amide bonds. The summed E-state index contributed by atoms with van der Waals surface area (Å²) in [6.45, 7) is 2.04. The SMILES string of the molecule is Cc1ccc(/C=C\S(=O)Nc2ccccc2)cc1. The molecule has 0 aromatic heterocycles. The molecule has 3 heteroatoms. The van der Waals surface area contributed by atoms with E-state index in [9.17, 15) is 4.21 Å². The Kier molecular flexibility index (Phi) is 4.31. The minimum absolute atomic E-state index is 0.851. The first-order chi connectivity index (χ1) is 8.74. The van der Waals surface area contributed by atoms with Crippen LogP contribution in [0.1, 0.15) is 11.1 Å². The fourth-order valence-corrected chi connectivity index (χ4v) is 2.19. The first-order valence-corrected chi connectivity index (χ1v) is 6.92. The summed E-state index contributed by atoms with van der Waals surface area (Å²) in [5, 5.41) is 1.65. The van der Waals surface area contributed by atoms with E-state index in [-0.39, 0.29) is 0 Å². The molecule has 0 aliphatic carbocycles. The molecule has 18 heavy (non-hydrogen) atoms. The van der Waals surface area contributed by atoms with Gasteiger partial charge in [-0.2, -0.15) is 0 Å². The van der Waals surface area contributed by atoms with Crippen LogP contribution in [0.2, 0.25) is 0 Å². The van der Waals surface area contributed by atoms with Crippen LogP contribution in [-0.4, -0.2) is 4.21 Å². The molecule has 0 aliphatic heterocycles. The zero-order valence-corrected chi connectivity index (χ0v) is 11.0. The summed E-state index contributed by atoms with van der Waals surface area (Å²) < 4.78 is 14.7. The lowest BCUT2D eigenvalue weighted by molar-refractivity contribution is 0.691. The predicted molar refractivity (Wildman–Crippen MR) is 78.4 cm³/mol. The summed E-state index contributed by atoms with van der Waals surface area (Å²) >= 11 is 0. The number of para-hydroxylation sites is 1. The minimum Gasteiger partial charge on any atom is -0.302 e. The van der Waals surface area contributed by atoms with Gasteiger partial charge in [0.05, 0.1) is 0 Å².